The van der Waals surface area contributed by atoms with Gasteiger partial charge in [-0.25, -0.2) is 9.48 Å². The third-order valence-corrected chi connectivity index (χ3v) is 2.99. The highest BCUT2D eigenvalue weighted by molar-refractivity contribution is 14.1. The summed E-state index contributed by atoms with van der Waals surface area (Å²) in [6.45, 7) is 0. The standard InChI is InChI=1S/C12H8ClIN2O2/c13-9-3-1-8(2-4-12(17)18)11(5-9)16-7-10(14)6-15-16/h1-7H,(H,17,18)/b4-2+. The molecule has 0 saturated carbocycles. The monoisotopic (exact) mass is 374 g/mol. The van der Waals surface area contributed by atoms with Crippen LogP contribution in [0.2, 0.25) is 5.02 Å². The second-order valence-corrected chi connectivity index (χ2v) is 5.16. The molecule has 0 aliphatic carbocycles. The summed E-state index contributed by atoms with van der Waals surface area (Å²) in [5.41, 5.74) is 1.48. The van der Waals surface area contributed by atoms with Crippen LogP contribution < -0.4 is 0 Å². The summed E-state index contributed by atoms with van der Waals surface area (Å²) in [4.78, 5) is 10.6. The van der Waals surface area contributed by atoms with Crippen molar-refractivity contribution in [2.24, 2.45) is 0 Å². The Morgan fingerprint density at radius 3 is 2.89 bits per heavy atom. The van der Waals surface area contributed by atoms with Gasteiger partial charge in [-0.15, -0.1) is 0 Å². The maximum absolute atomic E-state index is 10.6. The van der Waals surface area contributed by atoms with Crippen molar-refractivity contribution in [3.8, 4) is 5.69 Å². The van der Waals surface area contributed by atoms with Gasteiger partial charge in [0.25, 0.3) is 0 Å². The van der Waals surface area contributed by atoms with Crippen molar-refractivity contribution in [1.29, 1.82) is 0 Å². The minimum atomic E-state index is -0.994. The first kappa shape index (κ1) is 13.1. The van der Waals surface area contributed by atoms with E-state index in [1.807, 2.05) is 6.20 Å². The number of benzene rings is 1. The van der Waals surface area contributed by atoms with Gasteiger partial charge in [-0.1, -0.05) is 17.7 Å². The lowest BCUT2D eigenvalue weighted by molar-refractivity contribution is -0.131. The molecule has 0 aliphatic heterocycles. The molecule has 1 N–H and O–H groups in total. The zero-order valence-electron chi connectivity index (χ0n) is 9.05. The third-order valence-electron chi connectivity index (χ3n) is 2.20. The molecule has 6 heteroatoms. The van der Waals surface area contributed by atoms with Crippen LogP contribution in [-0.2, 0) is 4.79 Å². The quantitative estimate of drug-likeness (QED) is 0.663. The van der Waals surface area contributed by atoms with Crippen LogP contribution >= 0.6 is 34.2 Å². The van der Waals surface area contributed by atoms with Gasteiger partial charge in [-0.05, 0) is 40.8 Å². The van der Waals surface area contributed by atoms with E-state index in [1.165, 1.54) is 6.08 Å². The Labute approximate surface area is 122 Å². The lowest BCUT2D eigenvalue weighted by Gasteiger charge is -2.06. The molecule has 0 saturated heterocycles. The lowest BCUT2D eigenvalue weighted by Crippen LogP contribution is -1.97. The Kier molecular flexibility index (Phi) is 4.03. The van der Waals surface area contributed by atoms with E-state index in [4.69, 9.17) is 16.7 Å². The van der Waals surface area contributed by atoms with E-state index < -0.39 is 5.97 Å². The third kappa shape index (κ3) is 3.11. The number of hydrogen-bond donors (Lipinski definition) is 1. The minimum Gasteiger partial charge on any atom is -0.478 e. The van der Waals surface area contributed by atoms with Crippen LogP contribution in [0.3, 0.4) is 0 Å². The van der Waals surface area contributed by atoms with Gasteiger partial charge in [0.05, 0.1) is 15.5 Å². The number of aliphatic carboxylic acids is 1. The molecule has 1 aromatic carbocycles. The Bertz CT molecular complexity index is 622. The zero-order chi connectivity index (χ0) is 13.1. The number of carboxylic acids is 1. The normalized spacial score (nSPS) is 11.0. The van der Waals surface area contributed by atoms with Crippen LogP contribution in [0.15, 0.2) is 36.7 Å². The second-order valence-electron chi connectivity index (χ2n) is 3.48. The highest BCUT2D eigenvalue weighted by Gasteiger charge is 2.05. The van der Waals surface area contributed by atoms with Crippen molar-refractivity contribution in [3.05, 3.63) is 50.8 Å². The lowest BCUT2D eigenvalue weighted by atomic mass is 10.1. The maximum atomic E-state index is 10.6. The molecule has 0 fully saturated rings. The predicted octanol–water partition coefficient (Wildman–Crippen LogP) is 3.23. The number of nitrogens with zero attached hydrogens (tertiary/aromatic N) is 2. The van der Waals surface area contributed by atoms with Gasteiger partial charge in [-0.2, -0.15) is 5.10 Å². The smallest absolute Gasteiger partial charge is 0.328 e. The number of halogens is 2. The van der Waals surface area contributed by atoms with Crippen LogP contribution in [0, 0.1) is 3.57 Å². The predicted molar refractivity (Wildman–Crippen MR) is 78.0 cm³/mol. The van der Waals surface area contributed by atoms with Gasteiger partial charge in [0.2, 0.25) is 0 Å². The first-order valence-corrected chi connectivity index (χ1v) is 6.43. The van der Waals surface area contributed by atoms with Crippen molar-refractivity contribution in [1.82, 2.24) is 9.78 Å². The molecule has 1 heterocycles. The van der Waals surface area contributed by atoms with Gasteiger partial charge in [0, 0.05) is 22.9 Å². The number of hydrogen-bond acceptors (Lipinski definition) is 2. The Hall–Kier alpha value is -1.34. The summed E-state index contributed by atoms with van der Waals surface area (Å²) in [7, 11) is 0. The van der Waals surface area contributed by atoms with Gasteiger partial charge >= 0.3 is 5.97 Å². The van der Waals surface area contributed by atoms with E-state index in [9.17, 15) is 4.79 Å². The summed E-state index contributed by atoms with van der Waals surface area (Å²) in [6.07, 6.45) is 6.15. The molecule has 2 aromatic rings. The van der Waals surface area contributed by atoms with Crippen LogP contribution in [0.1, 0.15) is 5.56 Å². The molecular weight excluding hydrogens is 367 g/mol. The van der Waals surface area contributed by atoms with E-state index >= 15 is 0 Å². The average Bonchev–Trinajstić information content (AvgIpc) is 2.74. The topological polar surface area (TPSA) is 55.1 Å². The molecule has 0 unspecified atom stereocenters. The van der Waals surface area contributed by atoms with E-state index in [1.54, 1.807) is 29.1 Å². The van der Waals surface area contributed by atoms with E-state index in [0.717, 1.165) is 20.9 Å². The van der Waals surface area contributed by atoms with Crippen molar-refractivity contribution in [2.75, 3.05) is 0 Å². The van der Waals surface area contributed by atoms with Gasteiger partial charge < -0.3 is 5.11 Å². The van der Waals surface area contributed by atoms with Crippen molar-refractivity contribution in [2.45, 2.75) is 0 Å². The fourth-order valence-corrected chi connectivity index (χ4v) is 2.00. The molecular formula is C12H8ClIN2O2. The molecule has 4 nitrogen and oxygen atoms in total. The van der Waals surface area contributed by atoms with Crippen molar-refractivity contribution in [3.63, 3.8) is 0 Å². The Morgan fingerprint density at radius 1 is 1.50 bits per heavy atom. The molecule has 0 aliphatic rings. The largest absolute Gasteiger partial charge is 0.478 e. The molecule has 1 aromatic heterocycles. The Morgan fingerprint density at radius 2 is 2.28 bits per heavy atom. The van der Waals surface area contributed by atoms with Crippen molar-refractivity contribution >= 4 is 46.2 Å². The fraction of sp³-hybridized carbons (Fsp3) is 0. The molecule has 0 amide bonds. The van der Waals surface area contributed by atoms with Crippen LogP contribution in [-0.4, -0.2) is 20.9 Å². The van der Waals surface area contributed by atoms with Crippen LogP contribution in [0.4, 0.5) is 0 Å². The van der Waals surface area contributed by atoms with E-state index in [-0.39, 0.29) is 0 Å². The second kappa shape index (κ2) is 5.53. The fourth-order valence-electron chi connectivity index (χ4n) is 1.45. The highest BCUT2D eigenvalue weighted by atomic mass is 127. The molecule has 92 valence electrons. The van der Waals surface area contributed by atoms with Crippen LogP contribution in [0.5, 0.6) is 0 Å². The van der Waals surface area contributed by atoms with Gasteiger partial charge in [-0.3, -0.25) is 0 Å². The molecule has 18 heavy (non-hydrogen) atoms. The number of rotatable bonds is 3. The molecule has 0 spiro atoms. The number of carboxylic acid groups (broad SMARTS) is 1. The SMILES string of the molecule is O=C(O)/C=C/c1ccc(Cl)cc1-n1cc(I)cn1. The summed E-state index contributed by atoms with van der Waals surface area (Å²) >= 11 is 8.10. The Balaban J connectivity index is 2.50. The summed E-state index contributed by atoms with van der Waals surface area (Å²) in [5, 5.41) is 13.4. The maximum Gasteiger partial charge on any atom is 0.328 e. The molecule has 2 rings (SSSR count). The number of carbonyl (C=O) groups is 1. The minimum absolute atomic E-state index is 0.572. The first-order chi connectivity index (χ1) is 8.56. The summed E-state index contributed by atoms with van der Waals surface area (Å²) < 4.78 is 2.65. The molecule has 0 radical (unpaired) electrons. The van der Waals surface area contributed by atoms with Crippen molar-refractivity contribution < 1.29 is 9.90 Å². The van der Waals surface area contributed by atoms with E-state index in [0.29, 0.717) is 5.02 Å². The first-order valence-electron chi connectivity index (χ1n) is 4.97. The van der Waals surface area contributed by atoms with Crippen LogP contribution in [0.25, 0.3) is 11.8 Å². The molecule has 0 bridgehead atoms. The van der Waals surface area contributed by atoms with E-state index in [2.05, 4.69) is 27.7 Å². The highest BCUT2D eigenvalue weighted by Crippen LogP contribution is 2.21. The summed E-state index contributed by atoms with van der Waals surface area (Å²) in [5.74, 6) is -0.994. The van der Waals surface area contributed by atoms with Gasteiger partial charge in [0.15, 0.2) is 0 Å². The average molecular weight is 375 g/mol. The number of aromatic nitrogens is 2. The zero-order valence-corrected chi connectivity index (χ0v) is 12.0. The summed E-state index contributed by atoms with van der Waals surface area (Å²) in [6, 6.07) is 5.21. The molecule has 0 atom stereocenters. The van der Waals surface area contributed by atoms with Gasteiger partial charge in [0.1, 0.15) is 0 Å².